The summed E-state index contributed by atoms with van der Waals surface area (Å²) >= 11 is 0. The van der Waals surface area contributed by atoms with E-state index in [0.29, 0.717) is 5.75 Å². The van der Waals surface area contributed by atoms with Gasteiger partial charge >= 0.3 is 0 Å². The van der Waals surface area contributed by atoms with Crippen LogP contribution in [0.5, 0.6) is 0 Å². The topological polar surface area (TPSA) is 46.2 Å². The lowest BCUT2D eigenvalue weighted by atomic mass is 9.96. The zero-order chi connectivity index (χ0) is 12.0. The average Bonchev–Trinajstić information content (AvgIpc) is 2.16. The molecule has 0 aromatic heterocycles. The maximum atomic E-state index is 12.2. The van der Waals surface area contributed by atoms with Crippen LogP contribution in [0.25, 0.3) is 0 Å². The van der Waals surface area contributed by atoms with Crippen LogP contribution in [0.3, 0.4) is 0 Å². The fraction of sp³-hybridized carbons (Fsp3) is 1.00. The maximum Gasteiger partial charge on any atom is 0.154 e. The molecule has 0 heterocycles. The second kappa shape index (κ2) is 6.60. The third kappa shape index (κ3) is 3.74. The van der Waals surface area contributed by atoms with Crippen LogP contribution >= 0.6 is 0 Å². The first-order valence-electron chi connectivity index (χ1n) is 6.50. The van der Waals surface area contributed by atoms with Crippen molar-refractivity contribution in [1.29, 1.82) is 0 Å². The zero-order valence-electron chi connectivity index (χ0n) is 10.5. The second-order valence-electron chi connectivity index (χ2n) is 4.79. The third-order valence-corrected chi connectivity index (χ3v) is 5.99. The molecule has 0 amide bonds. The molecule has 0 aromatic rings. The Morgan fingerprint density at radius 2 is 1.75 bits per heavy atom. The van der Waals surface area contributed by atoms with Crippen LogP contribution in [0.4, 0.5) is 0 Å². The lowest BCUT2D eigenvalue weighted by Crippen LogP contribution is -2.44. The highest BCUT2D eigenvalue weighted by Crippen LogP contribution is 2.23. The molecule has 1 fully saturated rings. The molecule has 1 saturated carbocycles. The quantitative estimate of drug-likeness (QED) is 0.827. The minimum Gasteiger partial charge on any atom is -0.316 e. The summed E-state index contributed by atoms with van der Waals surface area (Å²) in [4.78, 5) is 0. The van der Waals surface area contributed by atoms with Crippen LogP contribution in [0.15, 0.2) is 0 Å². The first kappa shape index (κ1) is 14.0. The molecule has 0 aromatic carbocycles. The summed E-state index contributed by atoms with van der Waals surface area (Å²) in [5.41, 5.74) is 0. The third-order valence-electron chi connectivity index (χ3n) is 3.52. The van der Waals surface area contributed by atoms with Crippen molar-refractivity contribution in [3.05, 3.63) is 0 Å². The molecule has 1 rings (SSSR count). The summed E-state index contributed by atoms with van der Waals surface area (Å²) in [5.74, 6) is 0.343. The van der Waals surface area contributed by atoms with Crippen LogP contribution in [0, 0.1) is 0 Å². The smallest absolute Gasteiger partial charge is 0.154 e. The predicted molar refractivity (Wildman–Crippen MR) is 68.4 cm³/mol. The first-order chi connectivity index (χ1) is 7.61. The lowest BCUT2D eigenvalue weighted by molar-refractivity contribution is 0.405. The Hall–Kier alpha value is -0.0900. The SMILES string of the molecule is CCCS(=O)(=O)C1CCCCCCC1NC. The van der Waals surface area contributed by atoms with Crippen molar-refractivity contribution in [2.75, 3.05) is 12.8 Å². The maximum absolute atomic E-state index is 12.2. The van der Waals surface area contributed by atoms with E-state index in [2.05, 4.69) is 5.32 Å². The predicted octanol–water partition coefficient (Wildman–Crippen LogP) is 2.12. The molecule has 0 spiro atoms. The fourth-order valence-corrected chi connectivity index (χ4v) is 4.82. The fourth-order valence-electron chi connectivity index (χ4n) is 2.65. The van der Waals surface area contributed by atoms with E-state index in [9.17, 15) is 8.42 Å². The normalized spacial score (nSPS) is 28.4. The van der Waals surface area contributed by atoms with E-state index in [4.69, 9.17) is 0 Å². The van der Waals surface area contributed by atoms with Gasteiger partial charge in [-0.2, -0.15) is 0 Å². The van der Waals surface area contributed by atoms with E-state index in [1.165, 1.54) is 12.8 Å². The van der Waals surface area contributed by atoms with Crippen LogP contribution < -0.4 is 5.32 Å². The van der Waals surface area contributed by atoms with Gasteiger partial charge < -0.3 is 5.32 Å². The Morgan fingerprint density at radius 1 is 1.12 bits per heavy atom. The molecule has 4 heteroatoms. The van der Waals surface area contributed by atoms with Gasteiger partial charge in [0.15, 0.2) is 9.84 Å². The van der Waals surface area contributed by atoms with Crippen molar-refractivity contribution in [2.24, 2.45) is 0 Å². The second-order valence-corrected chi connectivity index (χ2v) is 7.13. The molecule has 2 atom stereocenters. The van der Waals surface area contributed by atoms with Gasteiger partial charge in [0.25, 0.3) is 0 Å². The summed E-state index contributed by atoms with van der Waals surface area (Å²) < 4.78 is 24.4. The van der Waals surface area contributed by atoms with Gasteiger partial charge in [-0.25, -0.2) is 8.42 Å². The molecular formula is C12H25NO2S. The van der Waals surface area contributed by atoms with Crippen LogP contribution in [0.1, 0.15) is 51.9 Å². The molecule has 0 bridgehead atoms. The first-order valence-corrected chi connectivity index (χ1v) is 8.22. The van der Waals surface area contributed by atoms with E-state index in [-0.39, 0.29) is 11.3 Å². The lowest BCUT2D eigenvalue weighted by Gasteiger charge is -2.28. The van der Waals surface area contributed by atoms with Crippen molar-refractivity contribution < 1.29 is 8.42 Å². The Morgan fingerprint density at radius 3 is 2.31 bits per heavy atom. The minimum atomic E-state index is -2.90. The van der Waals surface area contributed by atoms with Crippen molar-refractivity contribution in [2.45, 2.75) is 63.2 Å². The van der Waals surface area contributed by atoms with Crippen molar-refractivity contribution in [3.8, 4) is 0 Å². The van der Waals surface area contributed by atoms with Gasteiger partial charge in [-0.1, -0.05) is 32.6 Å². The average molecular weight is 247 g/mol. The molecule has 1 aliphatic rings. The molecule has 0 aliphatic heterocycles. The number of rotatable bonds is 4. The number of sulfone groups is 1. The monoisotopic (exact) mass is 247 g/mol. The van der Waals surface area contributed by atoms with E-state index in [1.807, 2.05) is 14.0 Å². The van der Waals surface area contributed by atoms with Gasteiger partial charge in [-0.05, 0) is 26.3 Å². The van der Waals surface area contributed by atoms with Gasteiger partial charge in [0, 0.05) is 6.04 Å². The standard InChI is InChI=1S/C12H25NO2S/c1-3-10-16(14,15)12-9-7-5-4-6-8-11(12)13-2/h11-13H,3-10H2,1-2H3. The molecule has 1 N–H and O–H groups in total. The molecule has 96 valence electrons. The molecular weight excluding hydrogens is 222 g/mol. The van der Waals surface area contributed by atoms with Crippen LogP contribution in [0.2, 0.25) is 0 Å². The van der Waals surface area contributed by atoms with Gasteiger partial charge in [-0.15, -0.1) is 0 Å². The van der Waals surface area contributed by atoms with Crippen molar-refractivity contribution in [3.63, 3.8) is 0 Å². The summed E-state index contributed by atoms with van der Waals surface area (Å²) in [5, 5.41) is 3.05. The van der Waals surface area contributed by atoms with Gasteiger partial charge in [-0.3, -0.25) is 0 Å². The van der Waals surface area contributed by atoms with Gasteiger partial charge in [0.05, 0.1) is 11.0 Å². The highest BCUT2D eigenvalue weighted by atomic mass is 32.2. The molecule has 16 heavy (non-hydrogen) atoms. The van der Waals surface area contributed by atoms with E-state index in [1.54, 1.807) is 0 Å². The summed E-state index contributed by atoms with van der Waals surface area (Å²) in [6.07, 6.45) is 7.23. The number of hydrogen-bond donors (Lipinski definition) is 1. The zero-order valence-corrected chi connectivity index (χ0v) is 11.4. The minimum absolute atomic E-state index is 0.155. The highest BCUT2D eigenvalue weighted by molar-refractivity contribution is 7.92. The Balaban J connectivity index is 2.77. The number of hydrogen-bond acceptors (Lipinski definition) is 3. The van der Waals surface area contributed by atoms with Crippen molar-refractivity contribution in [1.82, 2.24) is 5.32 Å². The molecule has 0 saturated heterocycles. The molecule has 0 radical (unpaired) electrons. The van der Waals surface area contributed by atoms with Gasteiger partial charge in [0.2, 0.25) is 0 Å². The Labute approximate surface area is 99.9 Å². The van der Waals surface area contributed by atoms with Crippen LogP contribution in [-0.4, -0.2) is 32.5 Å². The van der Waals surface area contributed by atoms with E-state index >= 15 is 0 Å². The molecule has 1 aliphatic carbocycles. The molecule has 2 unspecified atom stereocenters. The summed E-state index contributed by atoms with van der Waals surface area (Å²) in [7, 11) is -1.01. The van der Waals surface area contributed by atoms with Gasteiger partial charge in [0.1, 0.15) is 0 Å². The summed E-state index contributed by atoms with van der Waals surface area (Å²) in [6.45, 7) is 1.94. The Kier molecular flexibility index (Phi) is 5.76. The van der Waals surface area contributed by atoms with E-state index < -0.39 is 9.84 Å². The van der Waals surface area contributed by atoms with Crippen LogP contribution in [-0.2, 0) is 9.84 Å². The molecule has 3 nitrogen and oxygen atoms in total. The van der Waals surface area contributed by atoms with Crippen molar-refractivity contribution >= 4 is 9.84 Å². The summed E-state index contributed by atoms with van der Waals surface area (Å²) in [6, 6.07) is 0.164. The van der Waals surface area contributed by atoms with E-state index in [0.717, 1.165) is 32.1 Å². The number of nitrogens with one attached hydrogen (secondary N) is 1. The largest absolute Gasteiger partial charge is 0.316 e. The highest BCUT2D eigenvalue weighted by Gasteiger charge is 2.31. The Bertz CT molecular complexity index is 287.